The summed E-state index contributed by atoms with van der Waals surface area (Å²) in [7, 11) is 0. The second kappa shape index (κ2) is 9.24. The molecule has 0 unspecified atom stereocenters. The summed E-state index contributed by atoms with van der Waals surface area (Å²) in [5.74, 6) is -0.256. The van der Waals surface area contributed by atoms with Gasteiger partial charge in [-0.3, -0.25) is 14.3 Å². The molecule has 0 spiro atoms. The average Bonchev–Trinajstić information content (AvgIpc) is 3.51. The largest absolute Gasteiger partial charge is 0.272 e. The van der Waals surface area contributed by atoms with Crippen LogP contribution in [0, 0.1) is 40.3 Å². The van der Waals surface area contributed by atoms with Crippen molar-refractivity contribution in [3.63, 3.8) is 0 Å². The summed E-state index contributed by atoms with van der Waals surface area (Å²) in [6.45, 7) is 1.17. The highest BCUT2D eigenvalue weighted by Gasteiger charge is 2.37. The van der Waals surface area contributed by atoms with Gasteiger partial charge in [-0.25, -0.2) is 9.45 Å². The highest BCUT2D eigenvalue weighted by molar-refractivity contribution is 5.80. The second-order valence-electron chi connectivity index (χ2n) is 9.12. The molecule has 1 aliphatic heterocycles. The third-order valence-electron chi connectivity index (χ3n) is 6.95. The van der Waals surface area contributed by atoms with E-state index < -0.39 is 5.82 Å². The smallest absolute Gasteiger partial charge is 0.249 e. The molecule has 8 heteroatoms. The Bertz CT molecular complexity index is 1310. The lowest BCUT2D eigenvalue weighted by molar-refractivity contribution is -0.183. The van der Waals surface area contributed by atoms with E-state index >= 15 is 0 Å². The average molecular weight is 458 g/mol. The Morgan fingerprint density at radius 2 is 1.85 bits per heavy atom. The van der Waals surface area contributed by atoms with E-state index in [-0.39, 0.29) is 23.4 Å². The third-order valence-corrected chi connectivity index (χ3v) is 6.95. The Hall–Kier alpha value is -3.75. The lowest BCUT2D eigenvalue weighted by atomic mass is 9.81. The fourth-order valence-electron chi connectivity index (χ4n) is 5.18. The highest BCUT2D eigenvalue weighted by Crippen LogP contribution is 2.37. The van der Waals surface area contributed by atoms with Gasteiger partial charge in [0.2, 0.25) is 5.91 Å². The van der Waals surface area contributed by atoms with Gasteiger partial charge in [-0.05, 0) is 73.6 Å². The highest BCUT2D eigenvalue weighted by atomic mass is 19.1. The molecule has 5 rings (SSSR count). The summed E-state index contributed by atoms with van der Waals surface area (Å²) in [4.78, 5) is 18.9. The fourth-order valence-corrected chi connectivity index (χ4v) is 5.18. The Kier molecular flexibility index (Phi) is 6.00. The first-order valence-electron chi connectivity index (χ1n) is 11.6. The molecular formula is C26H24FN5O2. The predicted octanol–water partition coefficient (Wildman–Crippen LogP) is 4.63. The molecule has 1 atom stereocenters. The van der Waals surface area contributed by atoms with E-state index in [9.17, 15) is 9.18 Å². The Balaban J connectivity index is 1.22. The predicted molar refractivity (Wildman–Crippen MR) is 121 cm³/mol. The molecule has 0 bridgehead atoms. The lowest BCUT2D eigenvalue weighted by Crippen LogP contribution is -2.37. The number of nitrogens with zero attached hydrogens (tertiary/aromatic N) is 5. The van der Waals surface area contributed by atoms with Crippen LogP contribution in [0.1, 0.15) is 54.8 Å². The number of amides is 1. The number of aromatic nitrogens is 2. The van der Waals surface area contributed by atoms with Gasteiger partial charge >= 0.3 is 0 Å². The van der Waals surface area contributed by atoms with E-state index in [4.69, 9.17) is 15.4 Å². The quantitative estimate of drug-likeness (QED) is 0.569. The summed E-state index contributed by atoms with van der Waals surface area (Å²) in [5, 5.41) is 25.1. The molecule has 1 saturated heterocycles. The van der Waals surface area contributed by atoms with Crippen molar-refractivity contribution in [1.29, 1.82) is 10.5 Å². The molecule has 34 heavy (non-hydrogen) atoms. The third kappa shape index (κ3) is 4.25. The van der Waals surface area contributed by atoms with Gasteiger partial charge in [-0.15, -0.1) is 0 Å². The minimum Gasteiger partial charge on any atom is -0.272 e. The first-order valence-corrected chi connectivity index (χ1v) is 11.6. The summed E-state index contributed by atoms with van der Waals surface area (Å²) < 4.78 is 16.0. The van der Waals surface area contributed by atoms with Gasteiger partial charge in [0.25, 0.3) is 0 Å². The topological polar surface area (TPSA) is 94.9 Å². The van der Waals surface area contributed by atoms with Crippen LogP contribution >= 0.6 is 0 Å². The van der Waals surface area contributed by atoms with E-state index in [1.165, 1.54) is 17.2 Å². The van der Waals surface area contributed by atoms with Gasteiger partial charge < -0.3 is 0 Å². The molecule has 1 aromatic heterocycles. The number of halogens is 1. The summed E-state index contributed by atoms with van der Waals surface area (Å²) in [6.07, 6.45) is 5.71. The molecule has 1 aliphatic carbocycles. The van der Waals surface area contributed by atoms with E-state index in [2.05, 4.69) is 11.2 Å². The molecule has 1 amide bonds. The number of carbonyl (C=O) groups is 1. The van der Waals surface area contributed by atoms with Crippen LogP contribution in [-0.4, -0.2) is 27.4 Å². The number of hydroxylamine groups is 2. The molecule has 3 aromatic rings. The molecule has 2 heterocycles. The fraction of sp³-hybridized carbons (Fsp3) is 0.385. The van der Waals surface area contributed by atoms with Crippen molar-refractivity contribution in [2.45, 2.75) is 44.7 Å². The van der Waals surface area contributed by atoms with Gasteiger partial charge in [-0.2, -0.15) is 15.6 Å². The van der Waals surface area contributed by atoms with Crippen LogP contribution in [0.4, 0.5) is 4.39 Å². The Morgan fingerprint density at radius 3 is 2.62 bits per heavy atom. The van der Waals surface area contributed by atoms with Crippen molar-refractivity contribution in [3.8, 4) is 12.1 Å². The van der Waals surface area contributed by atoms with E-state index in [0.717, 1.165) is 43.1 Å². The van der Waals surface area contributed by atoms with Crippen molar-refractivity contribution >= 4 is 16.8 Å². The van der Waals surface area contributed by atoms with Crippen LogP contribution < -0.4 is 0 Å². The number of fused-ring (bicyclic) bond motifs is 1. The lowest BCUT2D eigenvalue weighted by Gasteiger charge is -2.32. The zero-order chi connectivity index (χ0) is 23.7. The van der Waals surface area contributed by atoms with Crippen molar-refractivity contribution in [3.05, 3.63) is 65.1 Å². The monoisotopic (exact) mass is 457 g/mol. The van der Waals surface area contributed by atoms with Crippen molar-refractivity contribution < 1.29 is 14.0 Å². The number of carbonyl (C=O) groups excluding carboxylic acids is 1. The first kappa shape index (κ1) is 22.1. The summed E-state index contributed by atoms with van der Waals surface area (Å²) in [6, 6.07) is 13.5. The van der Waals surface area contributed by atoms with Crippen molar-refractivity contribution in [2.24, 2.45) is 11.8 Å². The Labute approximate surface area is 196 Å². The van der Waals surface area contributed by atoms with Crippen LogP contribution in [0.15, 0.2) is 42.6 Å². The van der Waals surface area contributed by atoms with Gasteiger partial charge in [0.1, 0.15) is 5.82 Å². The molecule has 0 N–H and O–H groups in total. The van der Waals surface area contributed by atoms with E-state index in [1.807, 2.05) is 22.9 Å². The standard InChI is InChI=1S/C26H24FN5O2/c27-23-11-19(14-29)10-21(12-23)25-7-8-34-32(25)26(33)20-4-1-17(2-5-20)16-31-24-6-3-18(13-28)9-22(24)15-30-31/h3,6,9-12,15,17,20,25H,1-2,4-5,7-8,16H2/t17?,20?,25-/m0/s1. The zero-order valence-corrected chi connectivity index (χ0v) is 18.7. The van der Waals surface area contributed by atoms with Crippen LogP contribution in [0.5, 0.6) is 0 Å². The SMILES string of the molecule is N#Cc1cc(F)cc([C@@H]2CCON2C(=O)C2CCC(Cn3ncc4cc(C#N)ccc43)CC2)c1. The van der Waals surface area contributed by atoms with E-state index in [0.29, 0.717) is 30.1 Å². The van der Waals surface area contributed by atoms with Gasteiger partial charge in [-0.1, -0.05) is 0 Å². The maximum Gasteiger partial charge on any atom is 0.249 e. The van der Waals surface area contributed by atoms with Crippen LogP contribution in [0.2, 0.25) is 0 Å². The number of hydrogen-bond acceptors (Lipinski definition) is 5. The maximum absolute atomic E-state index is 14.0. The minimum absolute atomic E-state index is 0.0581. The van der Waals surface area contributed by atoms with Crippen LogP contribution in [0.3, 0.4) is 0 Å². The molecule has 2 fully saturated rings. The normalized spacial score (nSPS) is 22.4. The summed E-state index contributed by atoms with van der Waals surface area (Å²) >= 11 is 0. The first-order chi connectivity index (χ1) is 16.6. The number of rotatable bonds is 4. The molecular weight excluding hydrogens is 433 g/mol. The van der Waals surface area contributed by atoms with Crippen molar-refractivity contribution in [2.75, 3.05) is 6.61 Å². The number of hydrogen-bond donors (Lipinski definition) is 0. The Morgan fingerprint density at radius 1 is 1.06 bits per heavy atom. The molecule has 2 aliphatic rings. The molecule has 1 saturated carbocycles. The molecule has 172 valence electrons. The van der Waals surface area contributed by atoms with Gasteiger partial charge in [0.05, 0.1) is 47.6 Å². The number of nitriles is 2. The van der Waals surface area contributed by atoms with Gasteiger partial charge in [0, 0.05) is 24.3 Å². The van der Waals surface area contributed by atoms with Crippen LogP contribution in [0.25, 0.3) is 10.9 Å². The summed E-state index contributed by atoms with van der Waals surface area (Å²) in [5.41, 5.74) is 2.47. The molecule has 0 radical (unpaired) electrons. The van der Waals surface area contributed by atoms with Crippen molar-refractivity contribution in [1.82, 2.24) is 14.8 Å². The zero-order valence-electron chi connectivity index (χ0n) is 18.7. The van der Waals surface area contributed by atoms with Crippen LogP contribution in [-0.2, 0) is 16.2 Å². The number of benzene rings is 2. The van der Waals surface area contributed by atoms with Gasteiger partial charge in [0.15, 0.2) is 0 Å². The second-order valence-corrected chi connectivity index (χ2v) is 9.12. The van der Waals surface area contributed by atoms with E-state index in [1.54, 1.807) is 18.3 Å². The molecule has 2 aromatic carbocycles. The molecule has 7 nitrogen and oxygen atoms in total. The minimum atomic E-state index is -0.483. The maximum atomic E-state index is 14.0.